The summed E-state index contributed by atoms with van der Waals surface area (Å²) >= 11 is 2.38. The molecule has 0 fully saturated rings. The molecule has 8 aromatic rings. The molecule has 66 heavy (non-hydrogen) atoms. The summed E-state index contributed by atoms with van der Waals surface area (Å²) in [4.78, 5) is 83.7. The van der Waals surface area contributed by atoms with E-state index in [1.165, 1.54) is 68.2 Å². The molecule has 10 rings (SSSR count). The van der Waals surface area contributed by atoms with E-state index in [0.717, 1.165) is 0 Å². The Hall–Kier alpha value is -9.32. The highest BCUT2D eigenvalue weighted by molar-refractivity contribution is 7.36. The molecule has 0 atom stereocenters. The molecule has 0 aliphatic heterocycles. The minimum Gasteiger partial charge on any atom is -0.444 e. The molecule has 0 saturated heterocycles. The summed E-state index contributed by atoms with van der Waals surface area (Å²) in [6.07, 6.45) is 0.854. The number of aromatic nitrogens is 2. The largest absolute Gasteiger partial charge is 0.444 e. The van der Waals surface area contributed by atoms with E-state index in [1.54, 1.807) is 60.7 Å². The number of allylic oxidation sites excluding steroid dienone is 2. The lowest BCUT2D eigenvalue weighted by molar-refractivity contribution is 0.0975. The van der Waals surface area contributed by atoms with E-state index >= 15 is 0 Å². The third-order valence-electron chi connectivity index (χ3n) is 11.2. The van der Waals surface area contributed by atoms with Crippen molar-refractivity contribution in [3.63, 3.8) is 0 Å². The van der Waals surface area contributed by atoms with Crippen molar-refractivity contribution in [2.24, 2.45) is 0 Å². The molecular formula is C50H22N6O8S2. The van der Waals surface area contributed by atoms with Gasteiger partial charge in [-0.1, -0.05) is 60.7 Å². The second kappa shape index (κ2) is 15.8. The zero-order valence-electron chi connectivity index (χ0n) is 33.6. The van der Waals surface area contributed by atoms with Crippen LogP contribution < -0.4 is 0 Å². The number of nitrogens with zero attached hydrogens (tertiary/aromatic N) is 6. The lowest BCUT2D eigenvalue weighted by Gasteiger charge is -2.09. The fourth-order valence-corrected chi connectivity index (χ4v) is 10.8. The Kier molecular flexibility index (Phi) is 9.75. The van der Waals surface area contributed by atoms with E-state index in [0.29, 0.717) is 41.0 Å². The average Bonchev–Trinajstić information content (AvgIpc) is 4.15. The second-order valence-electron chi connectivity index (χ2n) is 14.9. The number of hydrogen-bond acceptors (Lipinski definition) is 14. The van der Waals surface area contributed by atoms with Gasteiger partial charge < -0.3 is 9.47 Å². The Morgan fingerprint density at radius 1 is 0.500 bits per heavy atom. The number of hydrogen-bond donors (Lipinski definition) is 0. The van der Waals surface area contributed by atoms with Crippen molar-refractivity contribution < 1.29 is 38.2 Å². The van der Waals surface area contributed by atoms with Crippen LogP contribution in [0.4, 0.5) is 9.59 Å². The number of thiophene rings is 2. The van der Waals surface area contributed by atoms with Crippen LogP contribution in [0.25, 0.3) is 42.0 Å². The zero-order chi connectivity index (χ0) is 46.0. The average molecular weight is 899 g/mol. The van der Waals surface area contributed by atoms with Crippen LogP contribution in [0, 0.1) is 45.3 Å². The highest BCUT2D eigenvalue weighted by Crippen LogP contribution is 2.47. The molecular weight excluding hydrogens is 877 g/mol. The first-order valence-corrected chi connectivity index (χ1v) is 21.3. The first kappa shape index (κ1) is 40.7. The normalized spacial score (nSPS) is 12.8. The lowest BCUT2D eigenvalue weighted by atomic mass is 10.0. The van der Waals surface area contributed by atoms with Gasteiger partial charge in [-0.2, -0.15) is 21.0 Å². The van der Waals surface area contributed by atoms with Crippen LogP contribution in [0.15, 0.2) is 108 Å². The van der Waals surface area contributed by atoms with Crippen molar-refractivity contribution in [1.29, 1.82) is 21.0 Å². The van der Waals surface area contributed by atoms with Gasteiger partial charge in [0.05, 0.1) is 74.6 Å². The molecule has 0 bridgehead atoms. The van der Waals surface area contributed by atoms with Crippen LogP contribution in [0.5, 0.6) is 0 Å². The number of Topliss-reactive ketones (excluding diaryl/α,β-unsaturated/α-hetero) is 4. The topological polar surface area (TPSA) is 226 Å². The number of rotatable bonds is 6. The second-order valence-corrected chi connectivity index (χ2v) is 17.0. The Labute approximate surface area is 379 Å². The molecule has 14 nitrogen and oxygen atoms in total. The molecule has 0 unspecified atom stereocenters. The number of ether oxygens (including phenoxy) is 2. The predicted octanol–water partition coefficient (Wildman–Crippen LogP) is 9.65. The van der Waals surface area contributed by atoms with Crippen molar-refractivity contribution in [2.75, 3.05) is 0 Å². The van der Waals surface area contributed by atoms with Crippen LogP contribution in [0.1, 0.15) is 86.2 Å². The maximum absolute atomic E-state index is 14.3. The highest BCUT2D eigenvalue weighted by Gasteiger charge is 2.37. The number of ketones is 4. The molecule has 0 spiro atoms. The maximum Gasteiger partial charge on any atom is 0.419 e. The molecule has 0 radical (unpaired) electrons. The SMILES string of the molecule is N#Cc1cc2c(cc1C#N)C(=O)C(=Cc1cc3sc4c(sc5cc(C=C6C(=O)c7cc(C#N)c(C#N)cc7C6=O)n(C(=O)OCc6ccccc6)c54)c3n1C(=O)OCc1ccccc1)C2=O. The van der Waals surface area contributed by atoms with E-state index in [1.807, 2.05) is 36.4 Å². The molecule has 4 aromatic heterocycles. The van der Waals surface area contributed by atoms with Gasteiger partial charge in [-0.05, 0) is 59.7 Å². The molecule has 0 saturated carbocycles. The molecule has 0 N–H and O–H groups in total. The Balaban J connectivity index is 1.14. The summed E-state index contributed by atoms with van der Waals surface area (Å²) in [5.41, 5.74) is 1.24. The van der Waals surface area contributed by atoms with Crippen LogP contribution in [0.3, 0.4) is 0 Å². The van der Waals surface area contributed by atoms with Gasteiger partial charge in [0, 0.05) is 22.3 Å². The van der Waals surface area contributed by atoms with Gasteiger partial charge in [0.1, 0.15) is 37.5 Å². The summed E-state index contributed by atoms with van der Waals surface area (Å²) in [5.74, 6) is -2.78. The van der Waals surface area contributed by atoms with Gasteiger partial charge in [-0.25, -0.2) is 18.7 Å². The van der Waals surface area contributed by atoms with E-state index in [-0.39, 0.29) is 80.3 Å². The van der Waals surface area contributed by atoms with Gasteiger partial charge >= 0.3 is 12.2 Å². The zero-order valence-corrected chi connectivity index (χ0v) is 35.2. The molecule has 16 heteroatoms. The maximum atomic E-state index is 14.3. The predicted molar refractivity (Wildman–Crippen MR) is 240 cm³/mol. The monoisotopic (exact) mass is 898 g/mol. The Morgan fingerprint density at radius 2 is 0.818 bits per heavy atom. The third-order valence-corrected chi connectivity index (χ3v) is 13.6. The van der Waals surface area contributed by atoms with Gasteiger partial charge in [0.15, 0.2) is 23.1 Å². The van der Waals surface area contributed by atoms with Gasteiger partial charge in [-0.15, -0.1) is 22.7 Å². The van der Waals surface area contributed by atoms with E-state index in [9.17, 15) is 49.8 Å². The third kappa shape index (κ3) is 6.42. The van der Waals surface area contributed by atoms with Crippen molar-refractivity contribution in [3.8, 4) is 24.3 Å². The summed E-state index contributed by atoms with van der Waals surface area (Å²) in [6.45, 7) is -0.251. The summed E-state index contributed by atoms with van der Waals surface area (Å²) in [6, 6.07) is 33.4. The van der Waals surface area contributed by atoms with Gasteiger partial charge in [0.2, 0.25) is 0 Å². The van der Waals surface area contributed by atoms with Gasteiger partial charge in [-0.3, -0.25) is 19.2 Å². The highest BCUT2D eigenvalue weighted by atomic mass is 32.1. The molecule has 2 aliphatic rings. The number of carbonyl (C=O) groups is 6. The van der Waals surface area contributed by atoms with E-state index < -0.39 is 35.3 Å². The molecule has 0 amide bonds. The first-order chi connectivity index (χ1) is 32.0. The van der Waals surface area contributed by atoms with Crippen LogP contribution in [-0.2, 0) is 22.7 Å². The minimum absolute atomic E-state index is 0.0500. The van der Waals surface area contributed by atoms with Gasteiger partial charge in [0.25, 0.3) is 0 Å². The van der Waals surface area contributed by atoms with Crippen molar-refractivity contribution in [2.45, 2.75) is 13.2 Å². The minimum atomic E-state index is -0.847. The smallest absolute Gasteiger partial charge is 0.419 e. The van der Waals surface area contributed by atoms with Crippen LogP contribution in [-0.4, -0.2) is 44.5 Å². The number of benzene rings is 4. The fourth-order valence-electron chi connectivity index (χ4n) is 8.06. The summed E-state index contributed by atoms with van der Waals surface area (Å²) in [7, 11) is 0. The van der Waals surface area contributed by atoms with E-state index in [4.69, 9.17) is 9.47 Å². The van der Waals surface area contributed by atoms with Crippen LogP contribution in [0.2, 0.25) is 0 Å². The first-order valence-electron chi connectivity index (χ1n) is 19.7. The Morgan fingerprint density at radius 3 is 1.12 bits per heavy atom. The number of carbonyl (C=O) groups excluding carboxylic acids is 6. The van der Waals surface area contributed by atoms with E-state index in [2.05, 4.69) is 0 Å². The fraction of sp³-hybridized carbons (Fsp3) is 0.0400. The van der Waals surface area contributed by atoms with Crippen molar-refractivity contribution >= 4 is 100.0 Å². The molecule has 2 aliphatic carbocycles. The summed E-state index contributed by atoms with van der Waals surface area (Å²) in [5, 5.41) is 38.4. The van der Waals surface area contributed by atoms with Crippen molar-refractivity contribution in [3.05, 3.63) is 175 Å². The molecule has 4 heterocycles. The van der Waals surface area contributed by atoms with Crippen LogP contribution >= 0.6 is 22.7 Å². The molecule has 4 aromatic carbocycles. The number of nitriles is 4. The lowest BCUT2D eigenvalue weighted by Crippen LogP contribution is -2.15. The molecule has 312 valence electrons. The standard InChI is InChI=1S/C50H22N6O8S2/c51-19-27-11-33-34(12-28(27)20-52)44(58)37(43(33)57)15-31-17-39-41(55(31)49(61)63-23-25-7-3-1-4-8-25)47-48(65-39)42-40(66-47)18-32(56(42)50(62)64-24-26-9-5-2-6-10-26)16-38-45(59)35-13-29(21-53)30(22-54)14-36(35)46(38)60/h1-18H,23-24H2. The summed E-state index contributed by atoms with van der Waals surface area (Å²) < 4.78 is 16.1. The number of fused-ring (bicyclic) bond motifs is 7. The Bertz CT molecular complexity index is 3460. The van der Waals surface area contributed by atoms with Crippen molar-refractivity contribution in [1.82, 2.24) is 9.13 Å². The quantitative estimate of drug-likeness (QED) is 0.112.